The molecule has 84 valence electrons. The maximum absolute atomic E-state index is 5.58. The third kappa shape index (κ3) is 4.43. The first-order valence-corrected chi connectivity index (χ1v) is 6.20. The van der Waals surface area contributed by atoms with E-state index in [-0.39, 0.29) is 0 Å². The van der Waals surface area contributed by atoms with Crippen LogP contribution in [0.5, 0.6) is 0 Å². The van der Waals surface area contributed by atoms with Gasteiger partial charge in [0.05, 0.1) is 13.2 Å². The van der Waals surface area contributed by atoms with Gasteiger partial charge < -0.3 is 10.1 Å². The molecule has 0 aromatic carbocycles. The average molecular weight is 199 g/mol. The molecule has 0 aromatic rings. The van der Waals surface area contributed by atoms with E-state index in [0.717, 1.165) is 13.2 Å². The van der Waals surface area contributed by atoms with Crippen LogP contribution in [0.2, 0.25) is 0 Å². The summed E-state index contributed by atoms with van der Waals surface area (Å²) in [6.45, 7) is 6.31. The lowest BCUT2D eigenvalue weighted by Gasteiger charge is -2.30. The highest BCUT2D eigenvalue weighted by Crippen LogP contribution is 2.10. The van der Waals surface area contributed by atoms with Crippen molar-refractivity contribution in [3.05, 3.63) is 0 Å². The van der Waals surface area contributed by atoms with Gasteiger partial charge >= 0.3 is 0 Å². The van der Waals surface area contributed by atoms with Gasteiger partial charge in [0.1, 0.15) is 0 Å². The molecular weight excluding hydrogens is 174 g/mol. The van der Waals surface area contributed by atoms with E-state index in [2.05, 4.69) is 19.2 Å². The summed E-state index contributed by atoms with van der Waals surface area (Å²) >= 11 is 0. The Morgan fingerprint density at radius 2 is 1.86 bits per heavy atom. The third-order valence-corrected chi connectivity index (χ3v) is 3.01. The van der Waals surface area contributed by atoms with Gasteiger partial charge in [-0.3, -0.25) is 0 Å². The van der Waals surface area contributed by atoms with E-state index >= 15 is 0 Å². The Hall–Kier alpha value is -0.0800. The van der Waals surface area contributed by atoms with Crippen molar-refractivity contribution in [1.29, 1.82) is 0 Å². The highest BCUT2D eigenvalue weighted by molar-refractivity contribution is 4.77. The van der Waals surface area contributed by atoms with Crippen LogP contribution in [0.4, 0.5) is 0 Å². The van der Waals surface area contributed by atoms with Gasteiger partial charge in [-0.15, -0.1) is 0 Å². The molecule has 1 N–H and O–H groups in total. The van der Waals surface area contributed by atoms with Crippen LogP contribution in [0.25, 0.3) is 0 Å². The Morgan fingerprint density at radius 3 is 2.57 bits per heavy atom. The van der Waals surface area contributed by atoms with Crippen molar-refractivity contribution in [2.45, 2.75) is 64.5 Å². The number of hydrogen-bond acceptors (Lipinski definition) is 2. The van der Waals surface area contributed by atoms with Crippen molar-refractivity contribution in [1.82, 2.24) is 5.32 Å². The molecular formula is C12H25NO. The van der Waals surface area contributed by atoms with Crippen molar-refractivity contribution in [3.63, 3.8) is 0 Å². The van der Waals surface area contributed by atoms with Gasteiger partial charge in [0.15, 0.2) is 0 Å². The molecule has 0 bridgehead atoms. The van der Waals surface area contributed by atoms with Gasteiger partial charge in [0.25, 0.3) is 0 Å². The smallest absolute Gasteiger partial charge is 0.0620 e. The van der Waals surface area contributed by atoms with E-state index < -0.39 is 0 Å². The zero-order chi connectivity index (χ0) is 10.2. The first-order valence-electron chi connectivity index (χ1n) is 6.20. The summed E-state index contributed by atoms with van der Waals surface area (Å²) in [5.41, 5.74) is 0. The van der Waals surface area contributed by atoms with Gasteiger partial charge in [-0.25, -0.2) is 0 Å². The SMILES string of the molecule is CCCCCCC1COCC(CC)N1. The van der Waals surface area contributed by atoms with Gasteiger partial charge in [0.2, 0.25) is 0 Å². The quantitative estimate of drug-likeness (QED) is 0.664. The van der Waals surface area contributed by atoms with Gasteiger partial charge in [-0.05, 0) is 12.8 Å². The predicted molar refractivity (Wildman–Crippen MR) is 60.6 cm³/mol. The topological polar surface area (TPSA) is 21.3 Å². The average Bonchev–Trinajstić information content (AvgIpc) is 2.25. The lowest BCUT2D eigenvalue weighted by atomic mass is 10.1. The molecule has 2 heteroatoms. The molecule has 1 aliphatic heterocycles. The van der Waals surface area contributed by atoms with Crippen LogP contribution in [0.15, 0.2) is 0 Å². The highest BCUT2D eigenvalue weighted by Gasteiger charge is 2.19. The number of rotatable bonds is 6. The summed E-state index contributed by atoms with van der Waals surface area (Å²) in [6, 6.07) is 1.21. The number of nitrogens with one attached hydrogen (secondary N) is 1. The van der Waals surface area contributed by atoms with Crippen molar-refractivity contribution in [2.24, 2.45) is 0 Å². The number of ether oxygens (including phenoxy) is 1. The standard InChI is InChI=1S/C12H25NO/c1-3-5-6-7-8-12-10-14-9-11(4-2)13-12/h11-13H,3-10H2,1-2H3. The van der Waals surface area contributed by atoms with E-state index in [1.165, 1.54) is 38.5 Å². The largest absolute Gasteiger partial charge is 0.378 e. The van der Waals surface area contributed by atoms with Crippen LogP contribution in [0.3, 0.4) is 0 Å². The van der Waals surface area contributed by atoms with Crippen LogP contribution >= 0.6 is 0 Å². The van der Waals surface area contributed by atoms with Crippen molar-refractivity contribution in [3.8, 4) is 0 Å². The fourth-order valence-corrected chi connectivity index (χ4v) is 2.00. The van der Waals surface area contributed by atoms with Crippen LogP contribution in [-0.4, -0.2) is 25.3 Å². The maximum Gasteiger partial charge on any atom is 0.0620 e. The molecule has 0 radical (unpaired) electrons. The van der Waals surface area contributed by atoms with Crippen LogP contribution in [0, 0.1) is 0 Å². The second kappa shape index (κ2) is 7.24. The van der Waals surface area contributed by atoms with Gasteiger partial charge in [-0.2, -0.15) is 0 Å². The molecule has 0 amide bonds. The fourth-order valence-electron chi connectivity index (χ4n) is 2.00. The molecule has 1 fully saturated rings. The third-order valence-electron chi connectivity index (χ3n) is 3.01. The zero-order valence-corrected chi connectivity index (χ0v) is 9.72. The zero-order valence-electron chi connectivity index (χ0n) is 9.72. The molecule has 0 aromatic heterocycles. The molecule has 1 rings (SSSR count). The van der Waals surface area contributed by atoms with Crippen molar-refractivity contribution >= 4 is 0 Å². The van der Waals surface area contributed by atoms with Crippen LogP contribution < -0.4 is 5.32 Å². The monoisotopic (exact) mass is 199 g/mol. The van der Waals surface area contributed by atoms with Crippen LogP contribution in [-0.2, 0) is 4.74 Å². The molecule has 2 unspecified atom stereocenters. The van der Waals surface area contributed by atoms with Gasteiger partial charge in [-0.1, -0.05) is 39.5 Å². The molecule has 1 heterocycles. The van der Waals surface area contributed by atoms with Gasteiger partial charge in [0, 0.05) is 12.1 Å². The first-order chi connectivity index (χ1) is 6.86. The number of unbranched alkanes of at least 4 members (excludes halogenated alkanes) is 3. The van der Waals surface area contributed by atoms with E-state index in [9.17, 15) is 0 Å². The summed E-state index contributed by atoms with van der Waals surface area (Å²) in [5, 5.41) is 3.66. The number of morpholine rings is 1. The van der Waals surface area contributed by atoms with E-state index in [4.69, 9.17) is 4.74 Å². The second-order valence-electron chi connectivity index (χ2n) is 4.36. The Labute approximate surface area is 88.4 Å². The Morgan fingerprint density at radius 1 is 1.07 bits per heavy atom. The lowest BCUT2D eigenvalue weighted by Crippen LogP contribution is -2.48. The maximum atomic E-state index is 5.58. The summed E-state index contributed by atoms with van der Waals surface area (Å²) in [4.78, 5) is 0. The molecule has 0 aliphatic carbocycles. The molecule has 2 atom stereocenters. The molecule has 1 saturated heterocycles. The molecule has 0 saturated carbocycles. The van der Waals surface area contributed by atoms with Crippen molar-refractivity contribution < 1.29 is 4.74 Å². The summed E-state index contributed by atoms with van der Waals surface area (Å²) in [7, 11) is 0. The van der Waals surface area contributed by atoms with E-state index in [0.29, 0.717) is 12.1 Å². The Kier molecular flexibility index (Phi) is 6.20. The highest BCUT2D eigenvalue weighted by atomic mass is 16.5. The molecule has 14 heavy (non-hydrogen) atoms. The Bertz CT molecular complexity index is 138. The molecule has 0 spiro atoms. The first kappa shape index (κ1) is 12.0. The minimum Gasteiger partial charge on any atom is -0.378 e. The molecule has 2 nitrogen and oxygen atoms in total. The summed E-state index contributed by atoms with van der Waals surface area (Å²) in [5.74, 6) is 0. The molecule has 1 aliphatic rings. The van der Waals surface area contributed by atoms with E-state index in [1.54, 1.807) is 0 Å². The normalized spacial score (nSPS) is 27.9. The predicted octanol–water partition coefficient (Wildman–Crippen LogP) is 2.72. The lowest BCUT2D eigenvalue weighted by molar-refractivity contribution is 0.0413. The minimum atomic E-state index is 0.597. The summed E-state index contributed by atoms with van der Waals surface area (Å²) in [6.07, 6.45) is 7.91. The minimum absolute atomic E-state index is 0.597. The number of hydrogen-bond donors (Lipinski definition) is 1. The summed E-state index contributed by atoms with van der Waals surface area (Å²) < 4.78 is 5.58. The second-order valence-corrected chi connectivity index (χ2v) is 4.36. The van der Waals surface area contributed by atoms with Crippen molar-refractivity contribution in [2.75, 3.05) is 13.2 Å². The fraction of sp³-hybridized carbons (Fsp3) is 1.00. The van der Waals surface area contributed by atoms with Crippen LogP contribution in [0.1, 0.15) is 52.4 Å². The Balaban J connectivity index is 2.05. The van der Waals surface area contributed by atoms with E-state index in [1.807, 2.05) is 0 Å².